The van der Waals surface area contributed by atoms with E-state index in [0.717, 1.165) is 41.1 Å². The van der Waals surface area contributed by atoms with Crippen molar-refractivity contribution in [1.29, 1.82) is 0 Å². The van der Waals surface area contributed by atoms with E-state index < -0.39 is 0 Å². The first kappa shape index (κ1) is 18.0. The number of benzene rings is 1. The first-order valence-corrected chi connectivity index (χ1v) is 11.0. The van der Waals surface area contributed by atoms with Gasteiger partial charge in [0.15, 0.2) is 0 Å². The number of rotatable bonds is 5. The van der Waals surface area contributed by atoms with Gasteiger partial charge in [-0.1, -0.05) is 25.1 Å². The van der Waals surface area contributed by atoms with Gasteiger partial charge < -0.3 is 5.32 Å². The maximum atomic E-state index is 13.2. The quantitative estimate of drug-likeness (QED) is 0.808. The van der Waals surface area contributed by atoms with Gasteiger partial charge in [-0.3, -0.25) is 4.79 Å². The number of carbonyl (C=O) groups excluding carboxylic acids is 1. The van der Waals surface area contributed by atoms with Crippen LogP contribution < -0.4 is 5.32 Å². The van der Waals surface area contributed by atoms with Gasteiger partial charge in [0.25, 0.3) is 5.91 Å². The predicted octanol–water partition coefficient (Wildman–Crippen LogP) is 4.87. The molecule has 2 aromatic rings. The third-order valence-electron chi connectivity index (χ3n) is 7.51. The highest BCUT2D eigenvalue weighted by Gasteiger charge is 2.53. The molecule has 0 radical (unpaired) electrons. The molecule has 4 nitrogen and oxygen atoms in total. The van der Waals surface area contributed by atoms with Gasteiger partial charge in [0.1, 0.15) is 0 Å². The van der Waals surface area contributed by atoms with Gasteiger partial charge in [-0.15, -0.1) is 0 Å². The van der Waals surface area contributed by atoms with Crippen molar-refractivity contribution in [2.75, 3.05) is 0 Å². The first-order valence-electron chi connectivity index (χ1n) is 11.0. The lowest BCUT2D eigenvalue weighted by atomic mass is 9.48. The Balaban J connectivity index is 1.58. The second kappa shape index (κ2) is 6.75. The van der Waals surface area contributed by atoms with Gasteiger partial charge in [0.05, 0.1) is 16.9 Å². The van der Waals surface area contributed by atoms with E-state index in [1.54, 1.807) is 0 Å². The molecule has 1 unspecified atom stereocenters. The predicted molar refractivity (Wildman–Crippen MR) is 111 cm³/mol. The van der Waals surface area contributed by atoms with Crippen LogP contribution >= 0.6 is 0 Å². The number of para-hydroxylation sites is 1. The Morgan fingerprint density at radius 3 is 2.32 bits per heavy atom. The zero-order valence-electron chi connectivity index (χ0n) is 17.0. The Kier molecular flexibility index (Phi) is 4.33. The molecular weight excluding hydrogens is 346 g/mol. The number of aromatic nitrogens is 2. The van der Waals surface area contributed by atoms with Crippen LogP contribution in [0, 0.1) is 17.8 Å². The molecule has 4 aliphatic rings. The Morgan fingerprint density at radius 1 is 1.14 bits per heavy atom. The third kappa shape index (κ3) is 2.98. The van der Waals surface area contributed by atoms with Crippen LogP contribution in [0.5, 0.6) is 0 Å². The second-order valence-corrected chi connectivity index (χ2v) is 9.65. The Morgan fingerprint density at radius 2 is 1.75 bits per heavy atom. The highest BCUT2D eigenvalue weighted by atomic mass is 16.1. The largest absolute Gasteiger partial charge is 0.349 e. The molecule has 28 heavy (non-hydrogen) atoms. The minimum absolute atomic E-state index is 0.0438. The van der Waals surface area contributed by atoms with E-state index >= 15 is 0 Å². The van der Waals surface area contributed by atoms with Gasteiger partial charge in [-0.25, -0.2) is 4.68 Å². The van der Waals surface area contributed by atoms with E-state index in [2.05, 4.69) is 31.3 Å². The van der Waals surface area contributed by atoms with E-state index in [1.807, 2.05) is 29.1 Å². The number of hydrogen-bond donors (Lipinski definition) is 1. The Labute approximate surface area is 167 Å². The molecule has 4 heteroatoms. The molecule has 4 fully saturated rings. The van der Waals surface area contributed by atoms with Crippen LogP contribution in [0.2, 0.25) is 0 Å². The molecule has 1 N–H and O–H groups in total. The van der Waals surface area contributed by atoms with E-state index in [9.17, 15) is 4.79 Å². The fraction of sp³-hybridized carbons (Fsp3) is 0.583. The molecule has 0 aliphatic heterocycles. The maximum Gasteiger partial charge on any atom is 0.255 e. The van der Waals surface area contributed by atoms with Gasteiger partial charge in [-0.2, -0.15) is 5.10 Å². The smallest absolute Gasteiger partial charge is 0.255 e. The monoisotopic (exact) mass is 377 g/mol. The summed E-state index contributed by atoms with van der Waals surface area (Å²) in [5, 5.41) is 8.27. The lowest BCUT2D eigenvalue weighted by Gasteiger charge is -2.56. The van der Waals surface area contributed by atoms with Crippen molar-refractivity contribution in [3.8, 4) is 5.69 Å². The highest BCUT2D eigenvalue weighted by molar-refractivity contribution is 5.95. The van der Waals surface area contributed by atoms with Gasteiger partial charge in [0, 0.05) is 17.7 Å². The molecule has 4 aliphatic carbocycles. The summed E-state index contributed by atoms with van der Waals surface area (Å²) in [5.41, 5.74) is 3.00. The number of nitrogens with one attached hydrogen (secondary N) is 1. The minimum Gasteiger partial charge on any atom is -0.349 e. The van der Waals surface area contributed by atoms with Gasteiger partial charge in [-0.05, 0) is 81.8 Å². The summed E-state index contributed by atoms with van der Waals surface area (Å²) in [6.07, 6.45) is 10.7. The molecule has 1 heterocycles. The summed E-state index contributed by atoms with van der Waals surface area (Å²) in [4.78, 5) is 13.2. The molecule has 1 aromatic carbocycles. The maximum absolute atomic E-state index is 13.2. The van der Waals surface area contributed by atoms with E-state index in [0.29, 0.717) is 0 Å². The number of carbonyl (C=O) groups is 1. The van der Waals surface area contributed by atoms with Crippen LogP contribution in [0.3, 0.4) is 0 Å². The van der Waals surface area contributed by atoms with E-state index in [1.165, 1.54) is 38.5 Å². The van der Waals surface area contributed by atoms with Crippen molar-refractivity contribution in [3.05, 3.63) is 47.8 Å². The van der Waals surface area contributed by atoms with Crippen molar-refractivity contribution in [3.63, 3.8) is 0 Å². The molecule has 148 valence electrons. The summed E-state index contributed by atoms with van der Waals surface area (Å²) in [7, 11) is 0. The van der Waals surface area contributed by atoms with Crippen molar-refractivity contribution >= 4 is 5.91 Å². The van der Waals surface area contributed by atoms with Crippen LogP contribution in [0.15, 0.2) is 36.5 Å². The second-order valence-electron chi connectivity index (χ2n) is 9.65. The molecule has 1 aromatic heterocycles. The van der Waals surface area contributed by atoms with E-state index in [4.69, 9.17) is 5.10 Å². The van der Waals surface area contributed by atoms with Crippen molar-refractivity contribution in [2.45, 2.75) is 70.3 Å². The number of hydrogen-bond acceptors (Lipinski definition) is 2. The summed E-state index contributed by atoms with van der Waals surface area (Å²) in [6, 6.07) is 10.4. The third-order valence-corrected chi connectivity index (χ3v) is 7.51. The van der Waals surface area contributed by atoms with Crippen LogP contribution in [-0.4, -0.2) is 21.7 Å². The fourth-order valence-electron chi connectivity index (χ4n) is 6.45. The minimum atomic E-state index is 0.0438. The number of amides is 1. The lowest BCUT2D eigenvalue weighted by Crippen LogP contribution is -2.49. The van der Waals surface area contributed by atoms with Crippen LogP contribution in [-0.2, 0) is 5.41 Å². The van der Waals surface area contributed by atoms with Gasteiger partial charge >= 0.3 is 0 Å². The highest BCUT2D eigenvalue weighted by Crippen LogP contribution is 2.60. The zero-order chi connectivity index (χ0) is 19.3. The first-order chi connectivity index (χ1) is 13.6. The lowest BCUT2D eigenvalue weighted by molar-refractivity contribution is -0.00771. The summed E-state index contributed by atoms with van der Waals surface area (Å²) in [5.74, 6) is 2.54. The normalized spacial score (nSPS) is 31.7. The SMILES string of the molecule is CCC(C)NC(=O)c1cn(-c2ccccc2)nc1C12CC3CC(CC(C3)C1)C2. The molecular formula is C24H31N3O. The molecule has 6 rings (SSSR count). The van der Waals surface area contributed by atoms with Crippen molar-refractivity contribution in [1.82, 2.24) is 15.1 Å². The molecule has 4 saturated carbocycles. The van der Waals surface area contributed by atoms with Gasteiger partial charge in [0.2, 0.25) is 0 Å². The molecule has 4 bridgehead atoms. The Bertz CT molecular complexity index is 834. The Hall–Kier alpha value is -2.10. The average Bonchev–Trinajstić information content (AvgIpc) is 3.14. The zero-order valence-corrected chi connectivity index (χ0v) is 17.0. The molecule has 0 spiro atoms. The fourth-order valence-corrected chi connectivity index (χ4v) is 6.45. The van der Waals surface area contributed by atoms with Crippen LogP contribution in [0.25, 0.3) is 5.69 Å². The van der Waals surface area contributed by atoms with Crippen molar-refractivity contribution < 1.29 is 4.79 Å². The molecule has 1 amide bonds. The topological polar surface area (TPSA) is 46.9 Å². The average molecular weight is 378 g/mol. The molecule has 1 atom stereocenters. The van der Waals surface area contributed by atoms with Crippen LogP contribution in [0.1, 0.15) is 74.8 Å². The van der Waals surface area contributed by atoms with E-state index in [-0.39, 0.29) is 17.4 Å². The summed E-state index contributed by atoms with van der Waals surface area (Å²) >= 11 is 0. The number of nitrogens with zero attached hydrogens (tertiary/aromatic N) is 2. The standard InChI is InChI=1S/C24H31N3O/c1-3-16(2)25-23(28)21-15-27(20-7-5-4-6-8-20)26-22(21)24-12-17-9-18(13-24)11-19(10-17)14-24/h4-8,15-19H,3,9-14H2,1-2H3,(H,25,28). The molecule has 0 saturated heterocycles. The van der Waals surface area contributed by atoms with Crippen LogP contribution in [0.4, 0.5) is 0 Å². The van der Waals surface area contributed by atoms with Crippen molar-refractivity contribution in [2.24, 2.45) is 17.8 Å². The summed E-state index contributed by atoms with van der Waals surface area (Å²) in [6.45, 7) is 4.18. The summed E-state index contributed by atoms with van der Waals surface area (Å²) < 4.78 is 1.93.